The van der Waals surface area contributed by atoms with Gasteiger partial charge in [-0.1, -0.05) is 25.5 Å². The van der Waals surface area contributed by atoms with E-state index in [1.54, 1.807) is 12.1 Å². The number of carbonyl (C=O) groups excluding carboxylic acids is 1. The van der Waals surface area contributed by atoms with Gasteiger partial charge in [0.05, 0.1) is 12.7 Å². The topological polar surface area (TPSA) is 131 Å². The summed E-state index contributed by atoms with van der Waals surface area (Å²) < 4.78 is 1.38. The molecule has 3 aromatic rings. The zero-order chi connectivity index (χ0) is 23.4. The van der Waals surface area contributed by atoms with Gasteiger partial charge in [-0.15, -0.1) is 0 Å². The lowest BCUT2D eigenvalue weighted by Crippen LogP contribution is -2.46. The first-order chi connectivity index (χ1) is 16.0. The van der Waals surface area contributed by atoms with Gasteiger partial charge in [-0.3, -0.25) is 9.59 Å². The van der Waals surface area contributed by atoms with Gasteiger partial charge in [0.1, 0.15) is 16.7 Å². The number of aromatic nitrogens is 4. The predicted octanol–water partition coefficient (Wildman–Crippen LogP) is 1.46. The number of hydrogen-bond donors (Lipinski definition) is 3. The van der Waals surface area contributed by atoms with Gasteiger partial charge < -0.3 is 21.3 Å². The van der Waals surface area contributed by atoms with Crippen LogP contribution in [-0.4, -0.2) is 62.8 Å². The molecule has 0 aliphatic carbocycles. The average molecular weight is 451 g/mol. The van der Waals surface area contributed by atoms with Gasteiger partial charge in [-0.05, 0) is 31.0 Å². The van der Waals surface area contributed by atoms with Gasteiger partial charge in [-0.25, -0.2) is 9.67 Å². The van der Waals surface area contributed by atoms with Crippen LogP contribution in [0.1, 0.15) is 42.6 Å². The molecule has 1 fully saturated rings. The van der Waals surface area contributed by atoms with Crippen LogP contribution in [0.3, 0.4) is 0 Å². The number of nitrogens with one attached hydrogen (secondary N) is 2. The van der Waals surface area contributed by atoms with E-state index < -0.39 is 0 Å². The number of rotatable bonds is 7. The summed E-state index contributed by atoms with van der Waals surface area (Å²) in [4.78, 5) is 36.2. The lowest BCUT2D eigenvalue weighted by Gasteiger charge is -2.27. The summed E-state index contributed by atoms with van der Waals surface area (Å²) >= 11 is 0. The van der Waals surface area contributed by atoms with Crippen molar-refractivity contribution in [3.05, 3.63) is 51.9 Å². The fourth-order valence-corrected chi connectivity index (χ4v) is 4.04. The third kappa shape index (κ3) is 5.11. The molecule has 0 unspecified atom stereocenters. The van der Waals surface area contributed by atoms with E-state index in [2.05, 4.69) is 32.6 Å². The molecule has 0 saturated carbocycles. The van der Waals surface area contributed by atoms with E-state index in [1.807, 2.05) is 24.0 Å². The Morgan fingerprint density at radius 2 is 1.94 bits per heavy atom. The maximum Gasteiger partial charge on any atom is 0.280 e. The van der Waals surface area contributed by atoms with E-state index >= 15 is 0 Å². The Morgan fingerprint density at radius 1 is 1.21 bits per heavy atom. The number of fused-ring (bicyclic) bond motifs is 1. The second kappa shape index (κ2) is 9.95. The highest BCUT2D eigenvalue weighted by Gasteiger charge is 2.18. The number of benzene rings is 1. The van der Waals surface area contributed by atoms with Gasteiger partial charge in [0, 0.05) is 37.8 Å². The minimum atomic E-state index is -0.292. The summed E-state index contributed by atoms with van der Waals surface area (Å²) in [5.74, 6) is 0.546. The van der Waals surface area contributed by atoms with Crippen LogP contribution in [0.2, 0.25) is 0 Å². The van der Waals surface area contributed by atoms with Crippen LogP contribution in [0.4, 0.5) is 11.8 Å². The monoisotopic (exact) mass is 450 g/mol. The Morgan fingerprint density at radius 3 is 2.64 bits per heavy atom. The molecule has 4 rings (SSSR count). The molecule has 0 spiro atoms. The highest BCUT2D eigenvalue weighted by molar-refractivity contribution is 5.94. The Bertz CT molecular complexity index is 1190. The molecular weight excluding hydrogens is 420 g/mol. The number of carbonyl (C=O) groups is 1. The van der Waals surface area contributed by atoms with Crippen LogP contribution >= 0.6 is 0 Å². The van der Waals surface area contributed by atoms with Crippen LogP contribution in [0.15, 0.2) is 35.3 Å². The normalized spacial score (nSPS) is 14.9. The lowest BCUT2D eigenvalue weighted by molar-refractivity contribution is 0.0736. The summed E-state index contributed by atoms with van der Waals surface area (Å²) in [6.45, 7) is 7.44. The third-order valence-electron chi connectivity index (χ3n) is 5.76. The number of hydrogen-bond acceptors (Lipinski definition) is 8. The molecule has 33 heavy (non-hydrogen) atoms. The highest BCUT2D eigenvalue weighted by Crippen LogP contribution is 2.19. The number of amides is 1. The van der Waals surface area contributed by atoms with Crippen molar-refractivity contribution in [1.29, 1.82) is 0 Å². The molecule has 1 aromatic carbocycles. The molecule has 174 valence electrons. The molecular formula is C23H30N8O2. The first-order valence-corrected chi connectivity index (χ1v) is 11.3. The van der Waals surface area contributed by atoms with Crippen molar-refractivity contribution in [3.63, 3.8) is 0 Å². The highest BCUT2D eigenvalue weighted by atomic mass is 16.2. The number of anilines is 2. The smallest absolute Gasteiger partial charge is 0.280 e. The van der Waals surface area contributed by atoms with Crippen LogP contribution < -0.4 is 21.9 Å². The SMILES string of the molecule is CCC[C@@H](C)Nc1nc(N)nc2cnn(Cc3ccc(C(=O)N4CCNCC4)cc3)c(=O)c12. The number of nitrogens with zero attached hydrogens (tertiary/aromatic N) is 5. The molecule has 0 radical (unpaired) electrons. The second-order valence-electron chi connectivity index (χ2n) is 8.37. The molecule has 1 aliphatic heterocycles. The lowest BCUT2D eigenvalue weighted by atomic mass is 10.1. The van der Waals surface area contributed by atoms with Gasteiger partial charge in [-0.2, -0.15) is 10.1 Å². The van der Waals surface area contributed by atoms with E-state index in [-0.39, 0.29) is 30.0 Å². The first-order valence-electron chi connectivity index (χ1n) is 11.3. The van der Waals surface area contributed by atoms with Crippen LogP contribution in [0.5, 0.6) is 0 Å². The fraction of sp³-hybridized carbons (Fsp3) is 0.435. The predicted molar refractivity (Wildman–Crippen MR) is 128 cm³/mol. The molecule has 1 aliphatic rings. The summed E-state index contributed by atoms with van der Waals surface area (Å²) in [5.41, 5.74) is 7.47. The molecule has 10 nitrogen and oxygen atoms in total. The zero-order valence-electron chi connectivity index (χ0n) is 19.0. The largest absolute Gasteiger partial charge is 0.368 e. The molecule has 2 aromatic heterocycles. The number of piperazine rings is 1. The maximum absolute atomic E-state index is 13.3. The van der Waals surface area contributed by atoms with Gasteiger partial charge in [0.2, 0.25) is 5.95 Å². The summed E-state index contributed by atoms with van der Waals surface area (Å²) in [7, 11) is 0. The van der Waals surface area contributed by atoms with Crippen molar-refractivity contribution in [2.75, 3.05) is 37.2 Å². The van der Waals surface area contributed by atoms with E-state index in [9.17, 15) is 9.59 Å². The summed E-state index contributed by atoms with van der Waals surface area (Å²) in [6, 6.07) is 7.45. The van der Waals surface area contributed by atoms with E-state index in [0.29, 0.717) is 35.4 Å². The third-order valence-corrected chi connectivity index (χ3v) is 5.76. The molecule has 0 bridgehead atoms. The molecule has 1 amide bonds. The van der Waals surface area contributed by atoms with Gasteiger partial charge >= 0.3 is 0 Å². The Labute approximate surface area is 192 Å². The van der Waals surface area contributed by atoms with E-state index in [0.717, 1.165) is 31.5 Å². The summed E-state index contributed by atoms with van der Waals surface area (Å²) in [5, 5.41) is 11.2. The van der Waals surface area contributed by atoms with Crippen molar-refractivity contribution < 1.29 is 4.79 Å². The van der Waals surface area contributed by atoms with E-state index in [1.165, 1.54) is 10.9 Å². The van der Waals surface area contributed by atoms with Crippen LogP contribution in [-0.2, 0) is 6.54 Å². The van der Waals surface area contributed by atoms with Gasteiger partial charge in [0.25, 0.3) is 11.5 Å². The van der Waals surface area contributed by atoms with Gasteiger partial charge in [0.15, 0.2) is 0 Å². The first kappa shape index (κ1) is 22.7. The van der Waals surface area contributed by atoms with Crippen molar-refractivity contribution >= 4 is 28.6 Å². The molecule has 3 heterocycles. The molecule has 1 atom stereocenters. The summed E-state index contributed by atoms with van der Waals surface area (Å²) in [6.07, 6.45) is 3.47. The quantitative estimate of drug-likeness (QED) is 0.493. The van der Waals surface area contributed by atoms with Crippen molar-refractivity contribution in [3.8, 4) is 0 Å². The van der Waals surface area contributed by atoms with E-state index in [4.69, 9.17) is 5.73 Å². The standard InChI is InChI=1S/C23H30N8O2/c1-3-4-15(2)27-20-19-18(28-23(24)29-20)13-26-31(22(19)33)14-16-5-7-17(8-6-16)21(32)30-11-9-25-10-12-30/h5-8,13,15,25H,3-4,9-12,14H2,1-2H3,(H3,24,27,28,29)/t15-/m1/s1. The fourth-order valence-electron chi connectivity index (χ4n) is 4.04. The minimum Gasteiger partial charge on any atom is -0.368 e. The van der Waals surface area contributed by atoms with Crippen molar-refractivity contribution in [2.45, 2.75) is 39.3 Å². The zero-order valence-corrected chi connectivity index (χ0v) is 19.0. The van der Waals surface area contributed by atoms with Crippen molar-refractivity contribution in [2.24, 2.45) is 0 Å². The molecule has 1 saturated heterocycles. The van der Waals surface area contributed by atoms with Crippen LogP contribution in [0, 0.1) is 0 Å². The Hall–Kier alpha value is -3.53. The number of nitrogen functional groups attached to an aromatic ring is 1. The molecule has 10 heteroatoms. The average Bonchev–Trinajstić information content (AvgIpc) is 2.81. The van der Waals surface area contributed by atoms with Crippen molar-refractivity contribution in [1.82, 2.24) is 30.0 Å². The second-order valence-corrected chi connectivity index (χ2v) is 8.37. The van der Waals surface area contributed by atoms with Crippen LogP contribution in [0.25, 0.3) is 10.9 Å². The molecule has 4 N–H and O–H groups in total. The number of nitrogens with two attached hydrogens (primary N) is 1. The Balaban J connectivity index is 1.58. The maximum atomic E-state index is 13.3. The minimum absolute atomic E-state index is 0.0238. The Kier molecular flexibility index (Phi) is 6.83.